The highest BCUT2D eigenvalue weighted by Gasteiger charge is 2.05. The number of benzene rings is 1. The molecule has 0 amide bonds. The van der Waals surface area contributed by atoms with Gasteiger partial charge in [-0.25, -0.2) is 9.37 Å². The summed E-state index contributed by atoms with van der Waals surface area (Å²) in [4.78, 5) is 3.95. The van der Waals surface area contributed by atoms with E-state index in [1.165, 1.54) is 18.3 Å². The highest BCUT2D eigenvalue weighted by Crippen LogP contribution is 2.21. The quantitative estimate of drug-likeness (QED) is 0.900. The van der Waals surface area contributed by atoms with E-state index in [0.717, 1.165) is 6.07 Å². The fourth-order valence-electron chi connectivity index (χ4n) is 1.34. The Bertz CT molecular complexity index is 591. The molecule has 0 fully saturated rings. The second-order valence-electron chi connectivity index (χ2n) is 3.52. The molecule has 0 radical (unpaired) electrons. The van der Waals surface area contributed by atoms with Gasteiger partial charge >= 0.3 is 0 Å². The number of rotatable bonds is 3. The van der Waals surface area contributed by atoms with Gasteiger partial charge in [0, 0.05) is 18.3 Å². The van der Waals surface area contributed by atoms with E-state index in [0.29, 0.717) is 5.56 Å². The molecule has 1 heterocycles. The second kappa shape index (κ2) is 5.25. The van der Waals surface area contributed by atoms with Crippen LogP contribution in [-0.2, 0) is 6.61 Å². The van der Waals surface area contributed by atoms with Gasteiger partial charge in [-0.05, 0) is 23.8 Å². The van der Waals surface area contributed by atoms with Gasteiger partial charge in [-0.3, -0.25) is 0 Å². The number of hydrogen-bond donors (Lipinski definition) is 1. The first kappa shape index (κ1) is 12.0. The van der Waals surface area contributed by atoms with Crippen LogP contribution in [0.15, 0.2) is 36.5 Å². The van der Waals surface area contributed by atoms with E-state index >= 15 is 0 Å². The summed E-state index contributed by atoms with van der Waals surface area (Å²) in [6.45, 7) is -0.0984. The van der Waals surface area contributed by atoms with Crippen LogP contribution in [0.2, 0.25) is 0 Å². The minimum absolute atomic E-state index is 0.0362. The lowest BCUT2D eigenvalue weighted by Gasteiger charge is -2.05. The minimum atomic E-state index is -0.637. The number of pyridine rings is 1. The van der Waals surface area contributed by atoms with Crippen LogP contribution in [0.25, 0.3) is 0 Å². The standard InChI is InChI=1S/C13H9FN2O2/c14-12-5-11(3-2-10(12)6-15)18-13-4-1-9(8-17)7-16-13/h1-5,7,17H,8H2. The number of nitrogens with zero attached hydrogens (tertiary/aromatic N) is 2. The van der Waals surface area contributed by atoms with Gasteiger partial charge in [0.2, 0.25) is 5.88 Å². The summed E-state index contributed by atoms with van der Waals surface area (Å²) in [5, 5.41) is 17.4. The number of ether oxygens (including phenoxy) is 1. The largest absolute Gasteiger partial charge is 0.439 e. The molecule has 0 bridgehead atoms. The normalized spacial score (nSPS) is 9.83. The minimum Gasteiger partial charge on any atom is -0.439 e. The van der Waals surface area contributed by atoms with Crippen molar-refractivity contribution in [2.75, 3.05) is 0 Å². The van der Waals surface area contributed by atoms with E-state index in [2.05, 4.69) is 4.98 Å². The molecule has 0 spiro atoms. The van der Waals surface area contributed by atoms with Crippen LogP contribution in [0.5, 0.6) is 11.6 Å². The van der Waals surface area contributed by atoms with E-state index in [1.807, 2.05) is 0 Å². The van der Waals surface area contributed by atoms with Gasteiger partial charge in [0.1, 0.15) is 17.6 Å². The predicted octanol–water partition coefficient (Wildman–Crippen LogP) is 2.38. The van der Waals surface area contributed by atoms with Crippen LogP contribution in [-0.4, -0.2) is 10.1 Å². The number of aliphatic hydroxyl groups excluding tert-OH is 1. The Morgan fingerprint density at radius 3 is 2.72 bits per heavy atom. The molecule has 1 aromatic carbocycles. The molecule has 0 atom stereocenters. The molecule has 90 valence electrons. The first-order valence-corrected chi connectivity index (χ1v) is 5.16. The van der Waals surface area contributed by atoms with Crippen molar-refractivity contribution in [3.8, 4) is 17.7 Å². The molecule has 0 aliphatic rings. The number of hydrogen-bond acceptors (Lipinski definition) is 4. The highest BCUT2D eigenvalue weighted by molar-refractivity contribution is 5.37. The Kier molecular flexibility index (Phi) is 3.51. The van der Waals surface area contributed by atoms with Crippen LogP contribution < -0.4 is 4.74 Å². The number of nitriles is 1. The van der Waals surface area contributed by atoms with Crippen molar-refractivity contribution in [2.24, 2.45) is 0 Å². The second-order valence-corrected chi connectivity index (χ2v) is 3.52. The van der Waals surface area contributed by atoms with Crippen molar-refractivity contribution in [2.45, 2.75) is 6.61 Å². The molecule has 0 aliphatic carbocycles. The van der Waals surface area contributed by atoms with Crippen LogP contribution in [0.1, 0.15) is 11.1 Å². The highest BCUT2D eigenvalue weighted by atomic mass is 19.1. The Hall–Kier alpha value is -2.45. The van der Waals surface area contributed by atoms with E-state index in [1.54, 1.807) is 18.2 Å². The molecule has 18 heavy (non-hydrogen) atoms. The van der Waals surface area contributed by atoms with Gasteiger partial charge in [-0.1, -0.05) is 0 Å². The Balaban J connectivity index is 2.18. The van der Waals surface area contributed by atoms with Crippen LogP contribution in [0.4, 0.5) is 4.39 Å². The predicted molar refractivity (Wildman–Crippen MR) is 61.3 cm³/mol. The van der Waals surface area contributed by atoms with Gasteiger partial charge in [-0.15, -0.1) is 0 Å². The lowest BCUT2D eigenvalue weighted by Crippen LogP contribution is -1.91. The molecule has 1 aromatic heterocycles. The van der Waals surface area contributed by atoms with Gasteiger partial charge in [0.25, 0.3) is 0 Å². The molecular formula is C13H9FN2O2. The van der Waals surface area contributed by atoms with Gasteiger partial charge < -0.3 is 9.84 Å². The molecule has 2 rings (SSSR count). The zero-order valence-corrected chi connectivity index (χ0v) is 9.30. The summed E-state index contributed by atoms with van der Waals surface area (Å²) in [5.74, 6) is -0.0889. The van der Waals surface area contributed by atoms with Crippen molar-refractivity contribution in [3.05, 3.63) is 53.5 Å². The Morgan fingerprint density at radius 1 is 1.33 bits per heavy atom. The van der Waals surface area contributed by atoms with Crippen molar-refractivity contribution >= 4 is 0 Å². The maximum Gasteiger partial charge on any atom is 0.219 e. The average Bonchev–Trinajstić information content (AvgIpc) is 2.40. The molecule has 1 N–H and O–H groups in total. The SMILES string of the molecule is N#Cc1ccc(Oc2ccc(CO)cn2)cc1F. The summed E-state index contributed by atoms with van der Waals surface area (Å²) in [7, 11) is 0. The summed E-state index contributed by atoms with van der Waals surface area (Å²) in [6.07, 6.45) is 1.47. The summed E-state index contributed by atoms with van der Waals surface area (Å²) >= 11 is 0. The molecule has 0 saturated carbocycles. The molecule has 5 heteroatoms. The Morgan fingerprint density at radius 2 is 2.17 bits per heavy atom. The fourth-order valence-corrected chi connectivity index (χ4v) is 1.34. The topological polar surface area (TPSA) is 66.1 Å². The molecule has 0 aliphatic heterocycles. The number of aromatic nitrogens is 1. The lowest BCUT2D eigenvalue weighted by molar-refractivity contribution is 0.281. The number of aliphatic hydroxyl groups is 1. The first-order valence-electron chi connectivity index (χ1n) is 5.16. The molecular weight excluding hydrogens is 235 g/mol. The monoisotopic (exact) mass is 244 g/mol. The van der Waals surface area contributed by atoms with Crippen molar-refractivity contribution in [1.29, 1.82) is 5.26 Å². The van der Waals surface area contributed by atoms with Gasteiger partial charge in [0.05, 0.1) is 12.2 Å². The van der Waals surface area contributed by atoms with Crippen LogP contribution in [0, 0.1) is 17.1 Å². The van der Waals surface area contributed by atoms with Crippen molar-refractivity contribution < 1.29 is 14.2 Å². The molecule has 4 nitrogen and oxygen atoms in total. The average molecular weight is 244 g/mol. The van der Waals surface area contributed by atoms with Crippen molar-refractivity contribution in [1.82, 2.24) is 4.98 Å². The third-order valence-corrected chi connectivity index (χ3v) is 2.26. The Labute approximate surface area is 103 Å². The zero-order valence-electron chi connectivity index (χ0n) is 9.30. The summed E-state index contributed by atoms with van der Waals surface area (Å²) in [5.41, 5.74) is 0.624. The molecule has 0 unspecified atom stereocenters. The van der Waals surface area contributed by atoms with E-state index in [9.17, 15) is 4.39 Å². The van der Waals surface area contributed by atoms with Gasteiger partial charge in [-0.2, -0.15) is 5.26 Å². The van der Waals surface area contributed by atoms with Crippen molar-refractivity contribution in [3.63, 3.8) is 0 Å². The van der Waals surface area contributed by atoms with Crippen LogP contribution in [0.3, 0.4) is 0 Å². The number of halogens is 1. The van der Waals surface area contributed by atoms with E-state index < -0.39 is 5.82 Å². The van der Waals surface area contributed by atoms with E-state index in [4.69, 9.17) is 15.1 Å². The molecule has 2 aromatic rings. The molecule has 0 saturated heterocycles. The zero-order chi connectivity index (χ0) is 13.0. The maximum absolute atomic E-state index is 13.3. The lowest BCUT2D eigenvalue weighted by atomic mass is 10.2. The summed E-state index contributed by atoms with van der Waals surface area (Å²) < 4.78 is 18.6. The third-order valence-electron chi connectivity index (χ3n) is 2.26. The summed E-state index contributed by atoms with van der Waals surface area (Å²) in [6, 6.07) is 8.91. The first-order chi connectivity index (χ1) is 8.72. The third kappa shape index (κ3) is 2.62. The maximum atomic E-state index is 13.3. The smallest absolute Gasteiger partial charge is 0.219 e. The fraction of sp³-hybridized carbons (Fsp3) is 0.0769. The van der Waals surface area contributed by atoms with E-state index in [-0.39, 0.29) is 23.8 Å². The van der Waals surface area contributed by atoms with Crippen LogP contribution >= 0.6 is 0 Å². The van der Waals surface area contributed by atoms with Gasteiger partial charge in [0.15, 0.2) is 0 Å².